The van der Waals surface area contributed by atoms with Crippen molar-refractivity contribution in [3.8, 4) is 34.1 Å². The first-order valence-corrected chi connectivity index (χ1v) is 12.4. The van der Waals surface area contributed by atoms with Gasteiger partial charge in [0.15, 0.2) is 5.82 Å². The Morgan fingerprint density at radius 2 is 1.73 bits per heavy atom. The molecule has 1 N–H and O–H groups in total. The van der Waals surface area contributed by atoms with Gasteiger partial charge >= 0.3 is 0 Å². The Labute approximate surface area is 215 Å². The zero-order valence-corrected chi connectivity index (χ0v) is 20.3. The second-order valence-corrected chi connectivity index (χ2v) is 9.51. The van der Waals surface area contributed by atoms with Gasteiger partial charge in [-0.1, -0.05) is 78.9 Å². The van der Waals surface area contributed by atoms with Gasteiger partial charge in [0, 0.05) is 28.7 Å². The Kier molecular flexibility index (Phi) is 4.93. The summed E-state index contributed by atoms with van der Waals surface area (Å²) in [6, 6.07) is 17.2. The largest absolute Gasteiger partial charge is 0.507 e. The molecule has 0 saturated heterocycles. The Morgan fingerprint density at radius 1 is 0.865 bits per heavy atom. The SMILES string of the molecule is COc1ccc(-c2cc(C3=C4C=CC5=C6C(=CC=C(C=C3)C46)C=CC5)nc(-c3ccccc3)n2)c(O)c1. The van der Waals surface area contributed by atoms with Gasteiger partial charge in [0.1, 0.15) is 11.5 Å². The summed E-state index contributed by atoms with van der Waals surface area (Å²) in [6.45, 7) is 0. The number of phenols is 1. The fourth-order valence-electron chi connectivity index (χ4n) is 5.62. The maximum absolute atomic E-state index is 10.8. The molecule has 0 radical (unpaired) electrons. The third-order valence-corrected chi connectivity index (χ3v) is 7.41. The predicted molar refractivity (Wildman–Crippen MR) is 147 cm³/mol. The van der Waals surface area contributed by atoms with E-state index in [9.17, 15) is 5.11 Å². The van der Waals surface area contributed by atoms with Crippen LogP contribution in [-0.2, 0) is 0 Å². The van der Waals surface area contributed by atoms with Crippen LogP contribution in [0.5, 0.6) is 11.5 Å². The molecule has 4 nitrogen and oxygen atoms in total. The van der Waals surface area contributed by atoms with Crippen molar-refractivity contribution in [2.24, 2.45) is 5.92 Å². The summed E-state index contributed by atoms with van der Waals surface area (Å²) in [6.07, 6.45) is 18.8. The van der Waals surface area contributed by atoms with Gasteiger partial charge in [0.05, 0.1) is 18.5 Å². The number of aromatic nitrogens is 2. The zero-order chi connectivity index (χ0) is 24.9. The maximum atomic E-state index is 10.8. The van der Waals surface area contributed by atoms with Gasteiger partial charge < -0.3 is 9.84 Å². The lowest BCUT2D eigenvalue weighted by atomic mass is 9.67. The van der Waals surface area contributed by atoms with E-state index in [0.29, 0.717) is 22.8 Å². The summed E-state index contributed by atoms with van der Waals surface area (Å²) in [5.41, 5.74) is 10.8. The fraction of sp³-hybridized carbons (Fsp3) is 0.0909. The van der Waals surface area contributed by atoms with Crippen molar-refractivity contribution in [3.63, 3.8) is 0 Å². The van der Waals surface area contributed by atoms with Crippen LogP contribution in [0.15, 0.2) is 131 Å². The first-order chi connectivity index (χ1) is 18.2. The van der Waals surface area contributed by atoms with Crippen molar-refractivity contribution >= 4 is 5.57 Å². The molecular weight excluding hydrogens is 456 g/mol. The van der Waals surface area contributed by atoms with Crippen molar-refractivity contribution in [1.29, 1.82) is 0 Å². The molecule has 0 saturated carbocycles. The summed E-state index contributed by atoms with van der Waals surface area (Å²) in [7, 11) is 1.59. The van der Waals surface area contributed by atoms with Crippen molar-refractivity contribution in [2.75, 3.05) is 7.11 Å². The average molecular weight is 481 g/mol. The molecule has 4 aliphatic carbocycles. The van der Waals surface area contributed by atoms with Crippen molar-refractivity contribution in [3.05, 3.63) is 137 Å². The molecular formula is C33H24N2O2. The van der Waals surface area contributed by atoms with Crippen LogP contribution < -0.4 is 4.74 Å². The van der Waals surface area contributed by atoms with E-state index in [1.165, 1.54) is 27.9 Å². The molecule has 4 heteroatoms. The van der Waals surface area contributed by atoms with Gasteiger partial charge in [0.2, 0.25) is 0 Å². The van der Waals surface area contributed by atoms with Crippen molar-refractivity contribution in [1.82, 2.24) is 9.97 Å². The number of allylic oxidation sites excluding steroid dienone is 14. The van der Waals surface area contributed by atoms with Crippen LogP contribution in [0.25, 0.3) is 28.2 Å². The van der Waals surface area contributed by atoms with Gasteiger partial charge in [-0.2, -0.15) is 0 Å². The molecule has 7 rings (SSSR count). The van der Waals surface area contributed by atoms with Crippen LogP contribution in [0.3, 0.4) is 0 Å². The lowest BCUT2D eigenvalue weighted by Crippen LogP contribution is -2.22. The number of phenolic OH excluding ortho intramolecular Hbond substituents is 1. The molecule has 0 bridgehead atoms. The van der Waals surface area contributed by atoms with Crippen molar-refractivity contribution < 1.29 is 9.84 Å². The number of hydrogen-bond donors (Lipinski definition) is 1. The Bertz CT molecular complexity index is 1680. The molecule has 1 aromatic heterocycles. The van der Waals surface area contributed by atoms with Gasteiger partial charge in [-0.25, -0.2) is 9.97 Å². The van der Waals surface area contributed by atoms with E-state index >= 15 is 0 Å². The second-order valence-electron chi connectivity index (χ2n) is 9.51. The van der Waals surface area contributed by atoms with E-state index in [-0.39, 0.29) is 11.7 Å². The van der Waals surface area contributed by atoms with E-state index in [1.807, 2.05) is 48.5 Å². The van der Waals surface area contributed by atoms with E-state index in [1.54, 1.807) is 13.2 Å². The normalized spacial score (nSPS) is 19.0. The topological polar surface area (TPSA) is 55.2 Å². The first-order valence-electron chi connectivity index (χ1n) is 12.4. The molecule has 1 unspecified atom stereocenters. The molecule has 0 spiro atoms. The second kappa shape index (κ2) is 8.45. The van der Waals surface area contributed by atoms with Crippen LogP contribution in [-0.4, -0.2) is 22.2 Å². The third kappa shape index (κ3) is 3.53. The molecule has 178 valence electrons. The summed E-state index contributed by atoms with van der Waals surface area (Å²) >= 11 is 0. The van der Waals surface area contributed by atoms with Crippen LogP contribution in [0.4, 0.5) is 0 Å². The minimum atomic E-state index is 0.119. The maximum Gasteiger partial charge on any atom is 0.160 e. The quantitative estimate of drug-likeness (QED) is 0.431. The summed E-state index contributed by atoms with van der Waals surface area (Å²) in [4.78, 5) is 9.93. The highest BCUT2D eigenvalue weighted by Crippen LogP contribution is 2.49. The number of ether oxygens (including phenoxy) is 1. The van der Waals surface area contributed by atoms with Crippen LogP contribution in [0.1, 0.15) is 12.1 Å². The molecule has 2 aromatic carbocycles. The van der Waals surface area contributed by atoms with E-state index in [2.05, 4.69) is 48.6 Å². The molecule has 3 aromatic rings. The molecule has 0 fully saturated rings. The van der Waals surface area contributed by atoms with E-state index in [4.69, 9.17) is 14.7 Å². The summed E-state index contributed by atoms with van der Waals surface area (Å²) in [5.74, 6) is 1.54. The molecule has 1 heterocycles. The van der Waals surface area contributed by atoms with Gasteiger partial charge in [-0.15, -0.1) is 0 Å². The molecule has 37 heavy (non-hydrogen) atoms. The molecule has 0 aliphatic heterocycles. The Hall–Kier alpha value is -4.70. The van der Waals surface area contributed by atoms with Gasteiger partial charge in [0.25, 0.3) is 0 Å². The summed E-state index contributed by atoms with van der Waals surface area (Å²) < 4.78 is 5.29. The Morgan fingerprint density at radius 3 is 2.57 bits per heavy atom. The molecule has 1 atom stereocenters. The lowest BCUT2D eigenvalue weighted by Gasteiger charge is -2.36. The molecule has 4 aliphatic rings. The number of aromatic hydroxyl groups is 1. The minimum absolute atomic E-state index is 0.119. The minimum Gasteiger partial charge on any atom is -0.507 e. The smallest absolute Gasteiger partial charge is 0.160 e. The first kappa shape index (κ1) is 21.6. The third-order valence-electron chi connectivity index (χ3n) is 7.41. The van der Waals surface area contributed by atoms with E-state index < -0.39 is 0 Å². The number of nitrogens with zero attached hydrogens (tertiary/aromatic N) is 2. The number of benzene rings is 2. The highest BCUT2D eigenvalue weighted by Gasteiger charge is 2.34. The van der Waals surface area contributed by atoms with Crippen LogP contribution in [0, 0.1) is 5.92 Å². The predicted octanol–water partition coefficient (Wildman–Crippen LogP) is 7.16. The Balaban J connectivity index is 1.43. The lowest BCUT2D eigenvalue weighted by molar-refractivity contribution is 0.408. The zero-order valence-electron chi connectivity index (χ0n) is 20.3. The average Bonchev–Trinajstić information content (AvgIpc) is 2.96. The van der Waals surface area contributed by atoms with Crippen molar-refractivity contribution in [2.45, 2.75) is 6.42 Å². The summed E-state index contributed by atoms with van der Waals surface area (Å²) in [5, 5.41) is 10.8. The monoisotopic (exact) mass is 480 g/mol. The number of hydrogen-bond acceptors (Lipinski definition) is 4. The highest BCUT2D eigenvalue weighted by molar-refractivity contribution is 5.86. The van der Waals surface area contributed by atoms with Gasteiger partial charge in [-0.05, 0) is 52.5 Å². The van der Waals surface area contributed by atoms with Crippen LogP contribution >= 0.6 is 0 Å². The molecule has 0 amide bonds. The van der Waals surface area contributed by atoms with Crippen LogP contribution in [0.2, 0.25) is 0 Å². The van der Waals surface area contributed by atoms with Gasteiger partial charge in [-0.3, -0.25) is 0 Å². The highest BCUT2D eigenvalue weighted by atomic mass is 16.5. The fourth-order valence-corrected chi connectivity index (χ4v) is 5.62. The van der Waals surface area contributed by atoms with E-state index in [0.717, 1.165) is 23.3 Å². The number of rotatable bonds is 4. The standard InChI is InChI=1S/C33H24N2O2/c1-37-24-14-17-27(30(36)18-24)29-19-28(34-33(35-29)23-6-3-2-4-7-23)25-15-12-22-11-10-20-8-5-9-21-13-16-26(25)32(22)31(20)21/h2-8,10-19,32,36H,9H2,1H3. The number of methoxy groups -OCH3 is 1.